The lowest BCUT2D eigenvalue weighted by atomic mass is 10.1. The molecule has 0 aliphatic carbocycles. The SMILES string of the molecule is CNC(=O)C(C)Nc1nccc2cc3c(cc12)OCO3. The first-order chi connectivity index (χ1) is 9.69. The number of hydrogen-bond acceptors (Lipinski definition) is 5. The molecule has 0 saturated heterocycles. The highest BCUT2D eigenvalue weighted by Gasteiger charge is 2.17. The molecule has 1 aliphatic rings. The van der Waals surface area contributed by atoms with Crippen molar-refractivity contribution in [1.29, 1.82) is 0 Å². The molecular formula is C14H15N3O3. The summed E-state index contributed by atoms with van der Waals surface area (Å²) >= 11 is 0. The van der Waals surface area contributed by atoms with Gasteiger partial charge in [-0.1, -0.05) is 0 Å². The van der Waals surface area contributed by atoms with E-state index in [-0.39, 0.29) is 18.7 Å². The molecule has 20 heavy (non-hydrogen) atoms. The number of benzene rings is 1. The zero-order chi connectivity index (χ0) is 14.1. The molecule has 1 unspecified atom stereocenters. The fourth-order valence-corrected chi connectivity index (χ4v) is 2.16. The third kappa shape index (κ3) is 2.09. The first-order valence-corrected chi connectivity index (χ1v) is 6.35. The Bertz CT molecular complexity index is 672. The van der Waals surface area contributed by atoms with Gasteiger partial charge in [-0.05, 0) is 30.5 Å². The molecule has 1 aromatic heterocycles. The summed E-state index contributed by atoms with van der Waals surface area (Å²) in [4.78, 5) is 15.9. The Morgan fingerprint density at radius 2 is 2.10 bits per heavy atom. The Morgan fingerprint density at radius 1 is 1.35 bits per heavy atom. The van der Waals surface area contributed by atoms with Gasteiger partial charge in [0.1, 0.15) is 11.9 Å². The van der Waals surface area contributed by atoms with Gasteiger partial charge in [-0.3, -0.25) is 4.79 Å². The van der Waals surface area contributed by atoms with Crippen molar-refractivity contribution in [1.82, 2.24) is 10.3 Å². The van der Waals surface area contributed by atoms with Crippen molar-refractivity contribution in [2.75, 3.05) is 19.2 Å². The molecular weight excluding hydrogens is 258 g/mol. The van der Waals surface area contributed by atoms with Crippen LogP contribution in [-0.4, -0.2) is 30.8 Å². The van der Waals surface area contributed by atoms with E-state index in [1.54, 1.807) is 20.2 Å². The molecule has 0 bridgehead atoms. The summed E-state index contributed by atoms with van der Waals surface area (Å²) in [6, 6.07) is 5.31. The summed E-state index contributed by atoms with van der Waals surface area (Å²) in [7, 11) is 1.61. The number of fused-ring (bicyclic) bond motifs is 2. The van der Waals surface area contributed by atoms with Crippen LogP contribution in [0.15, 0.2) is 24.4 Å². The first kappa shape index (κ1) is 12.5. The largest absolute Gasteiger partial charge is 0.454 e. The van der Waals surface area contributed by atoms with E-state index in [0.717, 1.165) is 16.5 Å². The van der Waals surface area contributed by atoms with Crippen LogP contribution >= 0.6 is 0 Å². The van der Waals surface area contributed by atoms with Crippen LogP contribution in [0.4, 0.5) is 5.82 Å². The van der Waals surface area contributed by atoms with Gasteiger partial charge in [-0.25, -0.2) is 4.98 Å². The number of anilines is 1. The Kier molecular flexibility index (Phi) is 3.06. The number of carbonyl (C=O) groups excluding carboxylic acids is 1. The van der Waals surface area contributed by atoms with Gasteiger partial charge in [-0.15, -0.1) is 0 Å². The third-order valence-corrected chi connectivity index (χ3v) is 3.25. The Balaban J connectivity index is 2.01. The second kappa shape index (κ2) is 4.88. The predicted molar refractivity (Wildman–Crippen MR) is 75.0 cm³/mol. The van der Waals surface area contributed by atoms with Crippen LogP contribution in [-0.2, 0) is 4.79 Å². The number of ether oxygens (including phenoxy) is 2. The maximum atomic E-state index is 11.6. The minimum absolute atomic E-state index is 0.0930. The number of rotatable bonds is 3. The van der Waals surface area contributed by atoms with E-state index in [1.807, 2.05) is 18.2 Å². The maximum Gasteiger partial charge on any atom is 0.241 e. The molecule has 2 aromatic rings. The van der Waals surface area contributed by atoms with Crippen LogP contribution in [0, 0.1) is 0 Å². The second-order valence-corrected chi connectivity index (χ2v) is 4.57. The molecule has 6 heteroatoms. The van der Waals surface area contributed by atoms with E-state index in [0.29, 0.717) is 11.6 Å². The average molecular weight is 273 g/mol. The monoisotopic (exact) mass is 273 g/mol. The van der Waals surface area contributed by atoms with Crippen LogP contribution in [0.5, 0.6) is 11.5 Å². The van der Waals surface area contributed by atoms with Gasteiger partial charge in [0.2, 0.25) is 12.7 Å². The summed E-state index contributed by atoms with van der Waals surface area (Å²) in [6.45, 7) is 2.02. The molecule has 104 valence electrons. The van der Waals surface area contributed by atoms with Gasteiger partial charge < -0.3 is 20.1 Å². The van der Waals surface area contributed by atoms with E-state index in [1.165, 1.54) is 0 Å². The lowest BCUT2D eigenvalue weighted by Crippen LogP contribution is -2.35. The van der Waals surface area contributed by atoms with Crippen molar-refractivity contribution in [3.63, 3.8) is 0 Å². The fraction of sp³-hybridized carbons (Fsp3) is 0.286. The number of carbonyl (C=O) groups is 1. The first-order valence-electron chi connectivity index (χ1n) is 6.35. The van der Waals surface area contributed by atoms with Crippen LogP contribution in [0.1, 0.15) is 6.92 Å². The summed E-state index contributed by atoms with van der Waals surface area (Å²) in [5.41, 5.74) is 0. The van der Waals surface area contributed by atoms with Crippen LogP contribution in [0.3, 0.4) is 0 Å². The highest BCUT2D eigenvalue weighted by atomic mass is 16.7. The topological polar surface area (TPSA) is 72.5 Å². The number of nitrogens with one attached hydrogen (secondary N) is 2. The molecule has 1 aromatic carbocycles. The van der Waals surface area contributed by atoms with Crippen molar-refractivity contribution in [3.8, 4) is 11.5 Å². The van der Waals surface area contributed by atoms with Crippen molar-refractivity contribution in [3.05, 3.63) is 24.4 Å². The van der Waals surface area contributed by atoms with E-state index in [2.05, 4.69) is 15.6 Å². The summed E-state index contributed by atoms with van der Waals surface area (Å²) in [6.07, 6.45) is 1.70. The molecule has 2 heterocycles. The smallest absolute Gasteiger partial charge is 0.241 e. The zero-order valence-corrected chi connectivity index (χ0v) is 11.3. The molecule has 0 spiro atoms. The third-order valence-electron chi connectivity index (χ3n) is 3.25. The van der Waals surface area contributed by atoms with E-state index in [4.69, 9.17) is 9.47 Å². The predicted octanol–water partition coefficient (Wildman–Crippen LogP) is 1.51. The fourth-order valence-electron chi connectivity index (χ4n) is 2.16. The highest BCUT2D eigenvalue weighted by molar-refractivity contribution is 5.96. The number of aromatic nitrogens is 1. The van der Waals surface area contributed by atoms with Gasteiger partial charge in [0.15, 0.2) is 11.5 Å². The maximum absolute atomic E-state index is 11.6. The Labute approximate surface area is 116 Å². The van der Waals surface area contributed by atoms with Crippen molar-refractivity contribution in [2.45, 2.75) is 13.0 Å². The molecule has 2 N–H and O–H groups in total. The van der Waals surface area contributed by atoms with Gasteiger partial charge >= 0.3 is 0 Å². The number of pyridine rings is 1. The van der Waals surface area contributed by atoms with Crippen LogP contribution in [0.25, 0.3) is 10.8 Å². The van der Waals surface area contributed by atoms with Gasteiger partial charge in [-0.2, -0.15) is 0 Å². The summed E-state index contributed by atoms with van der Waals surface area (Å²) < 4.78 is 10.7. The number of hydrogen-bond donors (Lipinski definition) is 2. The average Bonchev–Trinajstić information content (AvgIpc) is 2.91. The van der Waals surface area contributed by atoms with E-state index < -0.39 is 0 Å². The number of nitrogens with zero attached hydrogens (tertiary/aromatic N) is 1. The minimum atomic E-state index is -0.372. The quantitative estimate of drug-likeness (QED) is 0.887. The Hall–Kier alpha value is -2.50. The number of amides is 1. The number of likely N-dealkylation sites (N-methyl/N-ethyl adjacent to an activating group) is 1. The Morgan fingerprint density at radius 3 is 2.85 bits per heavy atom. The summed E-state index contributed by atoms with van der Waals surface area (Å²) in [5.74, 6) is 1.98. The highest BCUT2D eigenvalue weighted by Crippen LogP contribution is 2.37. The lowest BCUT2D eigenvalue weighted by molar-refractivity contribution is -0.121. The van der Waals surface area contributed by atoms with Crippen LogP contribution < -0.4 is 20.1 Å². The normalized spacial score (nSPS) is 14.1. The molecule has 3 rings (SSSR count). The van der Waals surface area contributed by atoms with E-state index in [9.17, 15) is 4.79 Å². The molecule has 0 radical (unpaired) electrons. The minimum Gasteiger partial charge on any atom is -0.454 e. The van der Waals surface area contributed by atoms with Gasteiger partial charge in [0.25, 0.3) is 0 Å². The molecule has 0 fully saturated rings. The van der Waals surface area contributed by atoms with E-state index >= 15 is 0 Å². The lowest BCUT2D eigenvalue weighted by Gasteiger charge is -2.14. The van der Waals surface area contributed by atoms with Crippen molar-refractivity contribution < 1.29 is 14.3 Å². The van der Waals surface area contributed by atoms with Gasteiger partial charge in [0.05, 0.1) is 0 Å². The second-order valence-electron chi connectivity index (χ2n) is 4.57. The standard InChI is InChI=1S/C14H15N3O3/c1-8(14(18)15-2)17-13-10-6-12-11(19-7-20-12)5-9(10)3-4-16-13/h3-6,8H,7H2,1-2H3,(H,15,18)(H,16,17). The zero-order valence-electron chi connectivity index (χ0n) is 11.3. The molecule has 1 atom stereocenters. The molecule has 0 saturated carbocycles. The summed E-state index contributed by atoms with van der Waals surface area (Å²) in [5, 5.41) is 7.59. The van der Waals surface area contributed by atoms with Crippen molar-refractivity contribution >= 4 is 22.5 Å². The van der Waals surface area contributed by atoms with Crippen LogP contribution in [0.2, 0.25) is 0 Å². The molecule has 1 amide bonds. The van der Waals surface area contributed by atoms with Gasteiger partial charge in [0, 0.05) is 18.6 Å². The molecule has 6 nitrogen and oxygen atoms in total. The van der Waals surface area contributed by atoms with Crippen molar-refractivity contribution in [2.24, 2.45) is 0 Å². The molecule has 1 aliphatic heterocycles.